The van der Waals surface area contributed by atoms with Crippen LogP contribution in [0.2, 0.25) is 0 Å². The van der Waals surface area contributed by atoms with Crippen molar-refractivity contribution in [2.45, 2.75) is 283 Å². The molecular weight excluding hydrogens is 863 g/mol. The van der Waals surface area contributed by atoms with Crippen LogP contribution in [0.15, 0.2) is 36.5 Å². The van der Waals surface area contributed by atoms with Gasteiger partial charge in [-0.1, -0.05) is 224 Å². The molecule has 69 heavy (non-hydrogen) atoms. The van der Waals surface area contributed by atoms with Crippen LogP contribution in [0, 0.1) is 0 Å². The van der Waals surface area contributed by atoms with Gasteiger partial charge in [0, 0.05) is 12.8 Å². The van der Waals surface area contributed by atoms with Crippen molar-refractivity contribution in [3.05, 3.63) is 36.5 Å². The van der Waals surface area contributed by atoms with E-state index in [1.165, 1.54) is 180 Å². The zero-order chi connectivity index (χ0) is 50.6. The molecule has 0 aromatic heterocycles. The first kappa shape index (κ1) is 66.5. The average Bonchev–Trinajstić information content (AvgIpc) is 3.31. The Morgan fingerprint density at radius 1 is 0.435 bits per heavy atom. The first-order valence-electron chi connectivity index (χ1n) is 29.2. The number of unbranched alkanes of at least 4 members (excludes halogenated alkanes) is 33. The molecule has 0 radical (unpaired) electrons. The van der Waals surface area contributed by atoms with Crippen molar-refractivity contribution >= 4 is 17.9 Å². The molecule has 0 saturated carbocycles. The van der Waals surface area contributed by atoms with Crippen LogP contribution in [0.4, 0.5) is 0 Å². The second kappa shape index (κ2) is 51.9. The molecule has 0 aromatic rings. The molecule has 9 nitrogen and oxygen atoms in total. The SMILES string of the molecule is CCCCCC/C=C\CCCCCCCC(=O)OCC(COC(OCC[N+](C)(C)C)C(=O)O)OC(=O)CCCCCCCCCCCCCCCCCCCCC/C=C\C/C=C\CCCCCCC. The highest BCUT2D eigenvalue weighted by Crippen LogP contribution is 2.17. The minimum atomic E-state index is -1.51. The Morgan fingerprint density at radius 3 is 1.17 bits per heavy atom. The van der Waals surface area contributed by atoms with Gasteiger partial charge >= 0.3 is 17.9 Å². The van der Waals surface area contributed by atoms with Gasteiger partial charge in [0.15, 0.2) is 6.10 Å². The number of nitrogens with zero attached hydrogens (tertiary/aromatic N) is 1. The molecule has 0 heterocycles. The summed E-state index contributed by atoms with van der Waals surface area (Å²) >= 11 is 0. The number of quaternary nitrogens is 1. The zero-order valence-corrected chi connectivity index (χ0v) is 46.0. The van der Waals surface area contributed by atoms with E-state index in [4.69, 9.17) is 18.9 Å². The molecule has 0 amide bonds. The molecule has 0 spiro atoms. The Morgan fingerprint density at radius 2 is 0.783 bits per heavy atom. The first-order chi connectivity index (χ1) is 33.6. The normalized spacial score (nSPS) is 13.0. The third-order valence-electron chi connectivity index (χ3n) is 12.9. The number of esters is 2. The molecule has 0 fully saturated rings. The van der Waals surface area contributed by atoms with Crippen LogP contribution in [0.1, 0.15) is 271 Å². The van der Waals surface area contributed by atoms with Crippen molar-refractivity contribution in [1.82, 2.24) is 0 Å². The summed E-state index contributed by atoms with van der Waals surface area (Å²) in [7, 11) is 5.97. The number of likely N-dealkylation sites (N-methyl/N-ethyl adjacent to an activating group) is 1. The molecule has 9 heteroatoms. The monoisotopic (exact) mass is 975 g/mol. The number of allylic oxidation sites excluding steroid dienone is 6. The minimum Gasteiger partial charge on any atom is -0.477 e. The smallest absolute Gasteiger partial charge is 0.361 e. The predicted molar refractivity (Wildman–Crippen MR) is 291 cm³/mol. The average molecular weight is 976 g/mol. The summed E-state index contributed by atoms with van der Waals surface area (Å²) in [6.07, 6.45) is 59.5. The fraction of sp³-hybridized carbons (Fsp3) is 0.850. The van der Waals surface area contributed by atoms with Crippen molar-refractivity contribution in [2.75, 3.05) is 47.5 Å². The molecule has 0 aliphatic heterocycles. The maximum Gasteiger partial charge on any atom is 0.361 e. The Kier molecular flexibility index (Phi) is 50.0. The fourth-order valence-corrected chi connectivity index (χ4v) is 8.33. The summed E-state index contributed by atoms with van der Waals surface area (Å²) in [5, 5.41) is 9.68. The highest BCUT2D eigenvalue weighted by Gasteiger charge is 2.25. The number of ether oxygens (including phenoxy) is 4. The number of rotatable bonds is 54. The summed E-state index contributed by atoms with van der Waals surface area (Å²) in [5.41, 5.74) is 0. The fourth-order valence-electron chi connectivity index (χ4n) is 8.33. The van der Waals surface area contributed by atoms with Gasteiger partial charge in [-0.15, -0.1) is 0 Å². The van der Waals surface area contributed by atoms with E-state index in [0.29, 0.717) is 17.4 Å². The molecule has 0 rings (SSSR count). The van der Waals surface area contributed by atoms with Crippen molar-refractivity contribution in [3.63, 3.8) is 0 Å². The Bertz CT molecular complexity index is 1230. The second-order valence-electron chi connectivity index (χ2n) is 20.9. The van der Waals surface area contributed by atoms with Crippen LogP contribution in [-0.4, -0.2) is 87.4 Å². The van der Waals surface area contributed by atoms with Crippen LogP contribution >= 0.6 is 0 Å². The number of carbonyl (C=O) groups excluding carboxylic acids is 2. The van der Waals surface area contributed by atoms with Crippen LogP contribution in [-0.2, 0) is 33.3 Å². The molecule has 404 valence electrons. The molecule has 2 unspecified atom stereocenters. The first-order valence-corrected chi connectivity index (χ1v) is 29.2. The van der Waals surface area contributed by atoms with Gasteiger partial charge in [0.2, 0.25) is 0 Å². The van der Waals surface area contributed by atoms with E-state index < -0.39 is 24.3 Å². The van der Waals surface area contributed by atoms with Gasteiger partial charge in [-0.25, -0.2) is 4.79 Å². The van der Waals surface area contributed by atoms with E-state index >= 15 is 0 Å². The number of aliphatic carboxylic acids is 1. The summed E-state index contributed by atoms with van der Waals surface area (Å²) in [6.45, 7) is 4.87. The lowest BCUT2D eigenvalue weighted by atomic mass is 10.0. The maximum atomic E-state index is 12.9. The minimum absolute atomic E-state index is 0.183. The van der Waals surface area contributed by atoms with E-state index in [1.807, 2.05) is 21.1 Å². The summed E-state index contributed by atoms with van der Waals surface area (Å²) in [5.74, 6) is -2.00. The van der Waals surface area contributed by atoms with Crippen molar-refractivity contribution in [1.29, 1.82) is 0 Å². The third-order valence-corrected chi connectivity index (χ3v) is 12.9. The van der Waals surface area contributed by atoms with Crippen molar-refractivity contribution in [2.24, 2.45) is 0 Å². The zero-order valence-electron chi connectivity index (χ0n) is 46.0. The van der Waals surface area contributed by atoms with Crippen molar-refractivity contribution < 1.29 is 42.9 Å². The largest absolute Gasteiger partial charge is 0.477 e. The Balaban J connectivity index is 4.09. The molecule has 0 aromatic carbocycles. The van der Waals surface area contributed by atoms with Crippen LogP contribution in [0.5, 0.6) is 0 Å². The molecular formula is C60H112NO8+. The third kappa shape index (κ3) is 53.1. The van der Waals surface area contributed by atoms with E-state index in [9.17, 15) is 19.5 Å². The quantitative estimate of drug-likeness (QED) is 0.0211. The molecule has 2 atom stereocenters. The summed E-state index contributed by atoms with van der Waals surface area (Å²) < 4.78 is 22.8. The van der Waals surface area contributed by atoms with Gasteiger partial charge in [0.25, 0.3) is 6.29 Å². The van der Waals surface area contributed by atoms with Gasteiger partial charge in [0.05, 0.1) is 34.4 Å². The lowest BCUT2D eigenvalue weighted by Crippen LogP contribution is -2.40. The van der Waals surface area contributed by atoms with E-state index in [1.54, 1.807) is 0 Å². The van der Waals surface area contributed by atoms with Crippen LogP contribution < -0.4 is 0 Å². The van der Waals surface area contributed by atoms with Crippen LogP contribution in [0.25, 0.3) is 0 Å². The molecule has 0 saturated heterocycles. The second-order valence-corrected chi connectivity index (χ2v) is 20.9. The Hall–Kier alpha value is -2.49. The molecule has 1 N–H and O–H groups in total. The molecule has 0 bridgehead atoms. The molecule has 0 aliphatic rings. The van der Waals surface area contributed by atoms with E-state index in [2.05, 4.69) is 50.3 Å². The predicted octanol–water partition coefficient (Wildman–Crippen LogP) is 16.9. The number of hydrogen-bond donors (Lipinski definition) is 1. The lowest BCUT2D eigenvalue weighted by Gasteiger charge is -2.25. The summed E-state index contributed by atoms with van der Waals surface area (Å²) in [4.78, 5) is 37.3. The standard InChI is InChI=1S/C60H111NO8/c1-6-8-10-12-14-16-18-20-21-22-23-24-25-26-27-28-29-30-31-32-33-34-35-36-37-39-41-43-45-47-49-51-58(63)69-56(55-68-60(59(64)65)66-53-52-61(3,4)5)54-67-57(62)50-48-46-44-42-40-38-19-17-15-13-11-9-7-2/h17-20,22-23,56,60H,6-16,21,24-55H2,1-5H3/p+1/b19-17-,20-18-,23-22-. The van der Waals surface area contributed by atoms with Crippen molar-refractivity contribution in [3.8, 4) is 0 Å². The topological polar surface area (TPSA) is 108 Å². The number of carboxylic acids is 1. The number of carboxylic acid groups (broad SMARTS) is 1. The van der Waals surface area contributed by atoms with Gasteiger partial charge in [-0.2, -0.15) is 0 Å². The van der Waals surface area contributed by atoms with Gasteiger partial charge in [-0.05, 0) is 70.6 Å². The number of carbonyl (C=O) groups is 3. The number of hydrogen-bond acceptors (Lipinski definition) is 7. The highest BCUT2D eigenvalue weighted by molar-refractivity contribution is 5.71. The van der Waals surface area contributed by atoms with Gasteiger partial charge in [0.1, 0.15) is 13.2 Å². The summed E-state index contributed by atoms with van der Waals surface area (Å²) in [6, 6.07) is 0. The van der Waals surface area contributed by atoms with E-state index in [-0.39, 0.29) is 32.2 Å². The molecule has 0 aliphatic carbocycles. The lowest BCUT2D eigenvalue weighted by molar-refractivity contribution is -0.870. The highest BCUT2D eigenvalue weighted by atomic mass is 16.7. The van der Waals surface area contributed by atoms with Gasteiger partial charge < -0.3 is 28.5 Å². The van der Waals surface area contributed by atoms with E-state index in [0.717, 1.165) is 64.2 Å². The van der Waals surface area contributed by atoms with Gasteiger partial charge in [-0.3, -0.25) is 9.59 Å². The Labute approximate surface area is 426 Å². The van der Waals surface area contributed by atoms with Crippen LogP contribution in [0.3, 0.4) is 0 Å². The maximum absolute atomic E-state index is 12.9.